The van der Waals surface area contributed by atoms with Gasteiger partial charge in [-0.2, -0.15) is 0 Å². The van der Waals surface area contributed by atoms with Crippen molar-refractivity contribution in [2.75, 3.05) is 6.61 Å². The molecule has 0 amide bonds. The highest BCUT2D eigenvalue weighted by Gasteiger charge is 2.10. The molecule has 2 N–H and O–H groups in total. The molecule has 0 aliphatic carbocycles. The second kappa shape index (κ2) is 6.61. The Balaban J connectivity index is 2.40. The Labute approximate surface area is 122 Å². The molecule has 108 valence electrons. The maximum absolute atomic E-state index is 11.4. The van der Waals surface area contributed by atoms with Gasteiger partial charge in [-0.3, -0.25) is 0 Å². The molecule has 2 aromatic carbocycles. The number of aliphatic carboxylic acids is 1. The molecular formula is C17H16O4. The number of hydrogen-bond donors (Lipinski definition) is 2. The fraction of sp³-hybridized carbons (Fsp3) is 0.118. The van der Waals surface area contributed by atoms with Gasteiger partial charge in [0.1, 0.15) is 11.5 Å². The summed E-state index contributed by atoms with van der Waals surface area (Å²) in [4.78, 5) is 11.4. The molecule has 4 heteroatoms. The molecule has 0 atom stereocenters. The minimum atomic E-state index is -1.03. The highest BCUT2D eigenvalue weighted by atomic mass is 16.5. The van der Waals surface area contributed by atoms with Crippen molar-refractivity contribution in [2.45, 2.75) is 6.92 Å². The SMILES string of the molecule is CCOc1cccc(/C=C(\C(=O)O)c2ccc(O)cc2)c1. The molecule has 0 fully saturated rings. The topological polar surface area (TPSA) is 66.8 Å². The van der Waals surface area contributed by atoms with Crippen LogP contribution < -0.4 is 4.74 Å². The average molecular weight is 284 g/mol. The van der Waals surface area contributed by atoms with Crippen molar-refractivity contribution in [1.82, 2.24) is 0 Å². The summed E-state index contributed by atoms with van der Waals surface area (Å²) >= 11 is 0. The third-order valence-corrected chi connectivity index (χ3v) is 2.89. The zero-order valence-electron chi connectivity index (χ0n) is 11.6. The van der Waals surface area contributed by atoms with Crippen molar-refractivity contribution in [3.63, 3.8) is 0 Å². The van der Waals surface area contributed by atoms with Crippen LogP contribution in [0.5, 0.6) is 11.5 Å². The summed E-state index contributed by atoms with van der Waals surface area (Å²) in [6.07, 6.45) is 1.58. The summed E-state index contributed by atoms with van der Waals surface area (Å²) in [6.45, 7) is 2.44. The van der Waals surface area contributed by atoms with Crippen LogP contribution in [0.25, 0.3) is 11.6 Å². The molecule has 0 unspecified atom stereocenters. The summed E-state index contributed by atoms with van der Waals surface area (Å²) in [5, 5.41) is 18.6. The molecule has 0 saturated heterocycles. The predicted octanol–water partition coefficient (Wildman–Crippen LogP) is 3.42. The Kier molecular flexibility index (Phi) is 4.61. The van der Waals surface area contributed by atoms with Crippen LogP contribution in [-0.2, 0) is 4.79 Å². The summed E-state index contributed by atoms with van der Waals surface area (Å²) in [5.41, 5.74) is 1.43. The molecule has 21 heavy (non-hydrogen) atoms. The van der Waals surface area contributed by atoms with Gasteiger partial charge in [0.25, 0.3) is 0 Å². The highest BCUT2D eigenvalue weighted by molar-refractivity contribution is 6.20. The zero-order chi connectivity index (χ0) is 15.2. The predicted molar refractivity (Wildman–Crippen MR) is 81.2 cm³/mol. The molecule has 0 aliphatic heterocycles. The number of carboxylic acid groups (broad SMARTS) is 1. The summed E-state index contributed by atoms with van der Waals surface area (Å²) in [7, 11) is 0. The van der Waals surface area contributed by atoms with Crippen molar-refractivity contribution in [2.24, 2.45) is 0 Å². The zero-order valence-corrected chi connectivity index (χ0v) is 11.6. The Morgan fingerprint density at radius 3 is 2.52 bits per heavy atom. The van der Waals surface area contributed by atoms with Crippen LogP contribution in [-0.4, -0.2) is 22.8 Å². The molecule has 0 heterocycles. The van der Waals surface area contributed by atoms with Crippen molar-refractivity contribution in [1.29, 1.82) is 0 Å². The standard InChI is InChI=1S/C17H16O4/c1-2-21-15-5-3-4-12(10-15)11-16(17(19)20)13-6-8-14(18)9-7-13/h3-11,18H,2H2,1H3,(H,19,20)/b16-11-. The van der Waals surface area contributed by atoms with Crippen molar-refractivity contribution in [3.8, 4) is 11.5 Å². The van der Waals surface area contributed by atoms with Gasteiger partial charge in [-0.15, -0.1) is 0 Å². The Bertz CT molecular complexity index is 657. The quantitative estimate of drug-likeness (QED) is 0.652. The van der Waals surface area contributed by atoms with Crippen LogP contribution in [0.2, 0.25) is 0 Å². The van der Waals surface area contributed by atoms with Gasteiger partial charge in [0.15, 0.2) is 0 Å². The fourth-order valence-corrected chi connectivity index (χ4v) is 1.94. The van der Waals surface area contributed by atoms with Crippen LogP contribution in [0.3, 0.4) is 0 Å². The van der Waals surface area contributed by atoms with E-state index in [0.717, 1.165) is 5.56 Å². The van der Waals surface area contributed by atoms with E-state index in [2.05, 4.69) is 0 Å². The van der Waals surface area contributed by atoms with Crippen LogP contribution in [0, 0.1) is 0 Å². The number of phenolic OH excluding ortho intramolecular Hbond substituents is 1. The summed E-state index contributed by atoms with van der Waals surface area (Å²) in [6, 6.07) is 13.3. The first-order valence-corrected chi connectivity index (χ1v) is 6.57. The maximum Gasteiger partial charge on any atom is 0.336 e. The maximum atomic E-state index is 11.4. The van der Waals surface area contributed by atoms with E-state index < -0.39 is 5.97 Å². The Morgan fingerprint density at radius 2 is 1.90 bits per heavy atom. The number of benzene rings is 2. The number of carboxylic acids is 1. The third-order valence-electron chi connectivity index (χ3n) is 2.89. The van der Waals surface area contributed by atoms with Crippen molar-refractivity contribution in [3.05, 3.63) is 59.7 Å². The number of ether oxygens (including phenoxy) is 1. The van der Waals surface area contributed by atoms with E-state index in [0.29, 0.717) is 17.9 Å². The molecule has 0 saturated carbocycles. The van der Waals surface area contributed by atoms with Gasteiger partial charge < -0.3 is 14.9 Å². The lowest BCUT2D eigenvalue weighted by Crippen LogP contribution is -1.99. The second-order valence-electron chi connectivity index (χ2n) is 4.42. The lowest BCUT2D eigenvalue weighted by atomic mass is 10.0. The van der Waals surface area contributed by atoms with Crippen LogP contribution in [0.1, 0.15) is 18.1 Å². The molecule has 0 radical (unpaired) electrons. The number of aromatic hydroxyl groups is 1. The Hall–Kier alpha value is -2.75. The monoisotopic (exact) mass is 284 g/mol. The smallest absolute Gasteiger partial charge is 0.336 e. The fourth-order valence-electron chi connectivity index (χ4n) is 1.94. The number of rotatable bonds is 5. The van der Waals surface area contributed by atoms with Crippen molar-refractivity contribution < 1.29 is 19.7 Å². The van der Waals surface area contributed by atoms with E-state index >= 15 is 0 Å². The lowest BCUT2D eigenvalue weighted by Gasteiger charge is -2.06. The molecule has 0 spiro atoms. The summed E-state index contributed by atoms with van der Waals surface area (Å²) < 4.78 is 5.40. The minimum absolute atomic E-state index is 0.0989. The van der Waals surface area contributed by atoms with E-state index in [1.165, 1.54) is 12.1 Å². The van der Waals surface area contributed by atoms with E-state index in [-0.39, 0.29) is 11.3 Å². The number of carbonyl (C=O) groups is 1. The van der Waals surface area contributed by atoms with Crippen LogP contribution in [0.15, 0.2) is 48.5 Å². The van der Waals surface area contributed by atoms with Crippen molar-refractivity contribution >= 4 is 17.6 Å². The van der Waals surface area contributed by atoms with E-state index in [1.54, 1.807) is 24.3 Å². The van der Waals surface area contributed by atoms with E-state index in [4.69, 9.17) is 4.74 Å². The number of hydrogen-bond acceptors (Lipinski definition) is 3. The molecule has 4 nitrogen and oxygen atoms in total. The first kappa shape index (κ1) is 14.7. The normalized spacial score (nSPS) is 11.2. The molecule has 0 aromatic heterocycles. The minimum Gasteiger partial charge on any atom is -0.508 e. The van der Waals surface area contributed by atoms with Gasteiger partial charge in [-0.1, -0.05) is 24.3 Å². The molecule has 2 aromatic rings. The van der Waals surface area contributed by atoms with Gasteiger partial charge in [-0.05, 0) is 48.4 Å². The van der Waals surface area contributed by atoms with Gasteiger partial charge in [0.2, 0.25) is 0 Å². The second-order valence-corrected chi connectivity index (χ2v) is 4.42. The van der Waals surface area contributed by atoms with Gasteiger partial charge in [-0.25, -0.2) is 4.79 Å². The van der Waals surface area contributed by atoms with E-state index in [1.807, 2.05) is 25.1 Å². The largest absolute Gasteiger partial charge is 0.508 e. The molecule has 0 bridgehead atoms. The first-order valence-electron chi connectivity index (χ1n) is 6.57. The van der Waals surface area contributed by atoms with E-state index in [9.17, 15) is 15.0 Å². The van der Waals surface area contributed by atoms with Gasteiger partial charge in [0.05, 0.1) is 12.2 Å². The summed E-state index contributed by atoms with van der Waals surface area (Å²) in [5.74, 6) is -0.231. The molecular weight excluding hydrogens is 268 g/mol. The van der Waals surface area contributed by atoms with Crippen LogP contribution >= 0.6 is 0 Å². The van der Waals surface area contributed by atoms with Gasteiger partial charge >= 0.3 is 5.97 Å². The average Bonchev–Trinajstić information content (AvgIpc) is 2.46. The van der Waals surface area contributed by atoms with Gasteiger partial charge in [0, 0.05) is 0 Å². The van der Waals surface area contributed by atoms with Crippen LogP contribution in [0.4, 0.5) is 0 Å². The highest BCUT2D eigenvalue weighted by Crippen LogP contribution is 2.23. The number of phenols is 1. The third kappa shape index (κ3) is 3.86. The first-order chi connectivity index (χ1) is 10.1. The Morgan fingerprint density at radius 1 is 1.19 bits per heavy atom. The molecule has 0 aliphatic rings. The lowest BCUT2D eigenvalue weighted by molar-refractivity contribution is -0.130. The molecule has 2 rings (SSSR count).